The summed E-state index contributed by atoms with van der Waals surface area (Å²) in [5.74, 6) is -0.791. The highest BCUT2D eigenvalue weighted by molar-refractivity contribution is 7.18. The number of anilines is 1. The number of urea groups is 1. The number of carbonyl (C=O) groups excluding carboxylic acids is 3. The molecule has 0 fully saturated rings. The van der Waals surface area contributed by atoms with E-state index in [1.807, 2.05) is 0 Å². The molecular weight excluding hydrogens is 356 g/mol. The highest BCUT2D eigenvalue weighted by Crippen LogP contribution is 2.34. The largest absolute Gasteiger partial charge is 0.462 e. The zero-order chi connectivity index (χ0) is 19.1. The molecule has 0 aliphatic heterocycles. The first-order chi connectivity index (χ1) is 12.4. The molecule has 0 bridgehead atoms. The van der Waals surface area contributed by atoms with Crippen molar-refractivity contribution >= 4 is 40.3 Å². The average Bonchev–Trinajstić information content (AvgIpc) is 2.92. The van der Waals surface area contributed by atoms with E-state index in [9.17, 15) is 14.4 Å². The van der Waals surface area contributed by atoms with Gasteiger partial charge in [0.05, 0.1) is 29.0 Å². The fourth-order valence-electron chi connectivity index (χ4n) is 2.13. The van der Waals surface area contributed by atoms with Gasteiger partial charge in [-0.1, -0.05) is 6.07 Å². The van der Waals surface area contributed by atoms with E-state index in [4.69, 9.17) is 4.74 Å². The Morgan fingerprint density at radius 1 is 1.35 bits per heavy atom. The van der Waals surface area contributed by atoms with Gasteiger partial charge >= 0.3 is 12.0 Å². The Hall–Kier alpha value is -3.07. The Bertz CT molecular complexity index is 846. The number of nitrogens with one attached hydrogen (secondary N) is 2. The lowest BCUT2D eigenvalue weighted by Crippen LogP contribution is -2.25. The lowest BCUT2D eigenvalue weighted by Gasteiger charge is -2.06. The van der Waals surface area contributed by atoms with Crippen molar-refractivity contribution in [2.24, 2.45) is 5.10 Å². The number of Topliss-reactive ketones (excluding diaryl/α,β-unsaturated/α-hetero) is 1. The van der Waals surface area contributed by atoms with Crippen LogP contribution in [0, 0.1) is 6.92 Å². The standard InChI is InChI=1S/C17H18N4O4S/c1-4-25-16(23)13-10(2)14(11(3)22)26-15(13)20-17(24)21-19-9-12-7-5-6-8-18-12/h5-9H,4H2,1-3H3,(H2,20,21,24). The zero-order valence-corrected chi connectivity index (χ0v) is 15.3. The minimum absolute atomic E-state index is 0.172. The highest BCUT2D eigenvalue weighted by Gasteiger charge is 2.25. The van der Waals surface area contributed by atoms with Crippen LogP contribution >= 0.6 is 11.3 Å². The highest BCUT2D eigenvalue weighted by atomic mass is 32.1. The number of carbonyl (C=O) groups is 3. The van der Waals surface area contributed by atoms with Gasteiger partial charge in [-0.3, -0.25) is 15.1 Å². The molecule has 2 N–H and O–H groups in total. The maximum Gasteiger partial charge on any atom is 0.341 e. The third-order valence-electron chi connectivity index (χ3n) is 3.22. The molecule has 0 spiro atoms. The molecule has 0 aromatic carbocycles. The monoisotopic (exact) mass is 374 g/mol. The number of aromatic nitrogens is 1. The normalized spacial score (nSPS) is 10.6. The molecule has 2 amide bonds. The topological polar surface area (TPSA) is 110 Å². The smallest absolute Gasteiger partial charge is 0.341 e. The predicted octanol–water partition coefficient (Wildman–Crippen LogP) is 2.99. The van der Waals surface area contributed by atoms with E-state index in [1.165, 1.54) is 13.1 Å². The van der Waals surface area contributed by atoms with Gasteiger partial charge in [-0.2, -0.15) is 5.10 Å². The number of nitrogens with zero attached hydrogens (tertiary/aromatic N) is 2. The van der Waals surface area contributed by atoms with E-state index < -0.39 is 12.0 Å². The van der Waals surface area contributed by atoms with Gasteiger partial charge < -0.3 is 4.74 Å². The summed E-state index contributed by atoms with van der Waals surface area (Å²) in [6.45, 7) is 4.90. The lowest BCUT2D eigenvalue weighted by atomic mass is 10.1. The summed E-state index contributed by atoms with van der Waals surface area (Å²) in [5.41, 5.74) is 3.51. The molecule has 0 aliphatic rings. The molecule has 9 heteroatoms. The minimum atomic E-state index is -0.654. The molecule has 136 valence electrons. The van der Waals surface area contributed by atoms with E-state index in [0.29, 0.717) is 16.1 Å². The maximum atomic E-state index is 12.2. The Kier molecular flexibility index (Phi) is 6.56. The van der Waals surface area contributed by atoms with Crippen LogP contribution in [0.25, 0.3) is 0 Å². The fourth-order valence-corrected chi connectivity index (χ4v) is 3.21. The van der Waals surface area contributed by atoms with Crippen LogP contribution < -0.4 is 10.7 Å². The molecule has 0 unspecified atom stereocenters. The van der Waals surface area contributed by atoms with Crippen LogP contribution in [0.15, 0.2) is 29.5 Å². The van der Waals surface area contributed by atoms with Gasteiger partial charge in [0.1, 0.15) is 5.00 Å². The lowest BCUT2D eigenvalue weighted by molar-refractivity contribution is 0.0527. The zero-order valence-electron chi connectivity index (χ0n) is 14.5. The molecule has 2 aromatic rings. The van der Waals surface area contributed by atoms with Crippen molar-refractivity contribution in [2.45, 2.75) is 20.8 Å². The van der Waals surface area contributed by atoms with Crippen molar-refractivity contribution in [3.8, 4) is 0 Å². The molecule has 8 nitrogen and oxygen atoms in total. The molecule has 0 saturated carbocycles. The van der Waals surface area contributed by atoms with E-state index >= 15 is 0 Å². The number of esters is 1. The number of thiophene rings is 1. The van der Waals surface area contributed by atoms with Crippen LogP contribution in [-0.2, 0) is 4.74 Å². The Balaban J connectivity index is 2.15. The summed E-state index contributed by atoms with van der Waals surface area (Å²) in [6.07, 6.45) is 2.98. The van der Waals surface area contributed by atoms with Crippen molar-refractivity contribution in [3.05, 3.63) is 46.1 Å². The minimum Gasteiger partial charge on any atom is -0.462 e. The third kappa shape index (κ3) is 4.73. The van der Waals surface area contributed by atoms with E-state index in [0.717, 1.165) is 11.3 Å². The summed E-state index contributed by atoms with van der Waals surface area (Å²) >= 11 is 1.02. The van der Waals surface area contributed by atoms with Crippen molar-refractivity contribution in [2.75, 3.05) is 11.9 Å². The molecule has 2 aromatic heterocycles. The van der Waals surface area contributed by atoms with Crippen LogP contribution in [0.1, 0.15) is 45.1 Å². The van der Waals surface area contributed by atoms with E-state index in [2.05, 4.69) is 20.8 Å². The second-order valence-corrected chi connectivity index (χ2v) is 6.14. The van der Waals surface area contributed by atoms with Crippen LogP contribution in [0.2, 0.25) is 0 Å². The first-order valence-corrected chi connectivity index (χ1v) is 8.58. The molecule has 0 saturated heterocycles. The molecule has 0 radical (unpaired) electrons. The number of hydrogen-bond acceptors (Lipinski definition) is 7. The number of rotatable bonds is 6. The number of ketones is 1. The summed E-state index contributed by atoms with van der Waals surface area (Å²) in [6, 6.07) is 4.63. The third-order valence-corrected chi connectivity index (χ3v) is 4.53. The van der Waals surface area contributed by atoms with E-state index in [-0.39, 0.29) is 23.0 Å². The van der Waals surface area contributed by atoms with Crippen LogP contribution in [0.3, 0.4) is 0 Å². The second kappa shape index (κ2) is 8.86. The summed E-state index contributed by atoms with van der Waals surface area (Å²) in [4.78, 5) is 40.4. The molecule has 2 rings (SSSR count). The first-order valence-electron chi connectivity index (χ1n) is 7.76. The van der Waals surface area contributed by atoms with Gasteiger partial charge in [-0.15, -0.1) is 11.3 Å². The van der Waals surface area contributed by atoms with Crippen LogP contribution in [-0.4, -0.2) is 35.6 Å². The van der Waals surface area contributed by atoms with Crippen molar-refractivity contribution in [1.82, 2.24) is 10.4 Å². The SMILES string of the molecule is CCOC(=O)c1c(NC(=O)NN=Cc2ccccn2)sc(C(C)=O)c1C. The Labute approximate surface area is 154 Å². The van der Waals surface area contributed by atoms with Gasteiger partial charge in [-0.25, -0.2) is 15.0 Å². The van der Waals surface area contributed by atoms with Gasteiger partial charge in [-0.05, 0) is 38.5 Å². The van der Waals surface area contributed by atoms with Crippen molar-refractivity contribution < 1.29 is 19.1 Å². The molecular formula is C17H18N4O4S. The molecule has 0 aliphatic carbocycles. The number of pyridine rings is 1. The second-order valence-electron chi connectivity index (χ2n) is 5.12. The van der Waals surface area contributed by atoms with Gasteiger partial charge in [0.25, 0.3) is 0 Å². The number of hydrazone groups is 1. The van der Waals surface area contributed by atoms with Crippen molar-refractivity contribution in [1.29, 1.82) is 0 Å². The average molecular weight is 374 g/mol. The Morgan fingerprint density at radius 2 is 2.12 bits per heavy atom. The fraction of sp³-hybridized carbons (Fsp3) is 0.235. The van der Waals surface area contributed by atoms with E-state index in [1.54, 1.807) is 38.2 Å². The van der Waals surface area contributed by atoms with Gasteiger partial charge in [0.2, 0.25) is 0 Å². The number of hydrogen-bond donors (Lipinski definition) is 2. The number of ether oxygens (including phenoxy) is 1. The maximum absolute atomic E-state index is 12.2. The quantitative estimate of drug-likeness (QED) is 0.350. The summed E-state index contributed by atoms with van der Waals surface area (Å²) < 4.78 is 5.01. The van der Waals surface area contributed by atoms with Gasteiger partial charge in [0.15, 0.2) is 5.78 Å². The molecule has 2 heterocycles. The molecule has 0 atom stereocenters. The Morgan fingerprint density at radius 3 is 2.73 bits per heavy atom. The first kappa shape index (κ1) is 19.3. The molecule has 26 heavy (non-hydrogen) atoms. The number of amides is 2. The summed E-state index contributed by atoms with van der Waals surface area (Å²) in [5, 5.41) is 6.55. The van der Waals surface area contributed by atoms with Crippen LogP contribution in [0.4, 0.5) is 9.80 Å². The van der Waals surface area contributed by atoms with Crippen molar-refractivity contribution in [3.63, 3.8) is 0 Å². The van der Waals surface area contributed by atoms with Crippen LogP contribution in [0.5, 0.6) is 0 Å². The summed E-state index contributed by atoms with van der Waals surface area (Å²) in [7, 11) is 0. The predicted molar refractivity (Wildman–Crippen MR) is 99.0 cm³/mol. The van der Waals surface area contributed by atoms with Gasteiger partial charge in [0, 0.05) is 6.20 Å².